The second kappa shape index (κ2) is 8.06. The highest BCUT2D eigenvalue weighted by Gasteiger charge is 2.34. The van der Waals surface area contributed by atoms with Gasteiger partial charge in [0.1, 0.15) is 11.3 Å². The minimum absolute atomic E-state index is 0.00405. The van der Waals surface area contributed by atoms with E-state index in [0.717, 1.165) is 35.5 Å². The first-order valence-corrected chi connectivity index (χ1v) is 10.5. The number of ether oxygens (including phenoxy) is 1. The van der Waals surface area contributed by atoms with Gasteiger partial charge < -0.3 is 14.1 Å². The van der Waals surface area contributed by atoms with Crippen LogP contribution >= 0.6 is 0 Å². The number of para-hydroxylation sites is 1. The Labute approximate surface area is 183 Å². The molecule has 0 amide bonds. The Morgan fingerprint density at radius 3 is 2.45 bits per heavy atom. The zero-order valence-corrected chi connectivity index (χ0v) is 18.7. The molecule has 2 aromatic carbocycles. The van der Waals surface area contributed by atoms with E-state index in [4.69, 9.17) is 9.57 Å². The van der Waals surface area contributed by atoms with Gasteiger partial charge in [-0.15, -0.1) is 0 Å². The molecule has 0 unspecified atom stereocenters. The van der Waals surface area contributed by atoms with Crippen LogP contribution in [0.1, 0.15) is 53.1 Å². The molecule has 1 heterocycles. The number of fused-ring (bicyclic) bond motifs is 1. The van der Waals surface area contributed by atoms with Gasteiger partial charge in [0.2, 0.25) is 0 Å². The van der Waals surface area contributed by atoms with Gasteiger partial charge in [-0.25, -0.2) is 4.79 Å². The Morgan fingerprint density at radius 1 is 1.03 bits per heavy atom. The molecule has 0 radical (unpaired) electrons. The third-order valence-electron chi connectivity index (χ3n) is 5.75. The van der Waals surface area contributed by atoms with Crippen LogP contribution in [0.4, 0.5) is 0 Å². The van der Waals surface area contributed by atoms with Crippen LogP contribution in [0.2, 0.25) is 0 Å². The number of hydrogen-bond donors (Lipinski definition) is 0. The van der Waals surface area contributed by atoms with Crippen LogP contribution in [0.3, 0.4) is 0 Å². The lowest BCUT2D eigenvalue weighted by Gasteiger charge is -2.31. The highest BCUT2D eigenvalue weighted by Crippen LogP contribution is 2.38. The number of rotatable bonds is 4. The summed E-state index contributed by atoms with van der Waals surface area (Å²) in [6.07, 6.45) is 1.65. The monoisotopic (exact) mass is 416 g/mol. The topological polar surface area (TPSA) is 52.8 Å². The van der Waals surface area contributed by atoms with Crippen LogP contribution in [0, 0.1) is 19.3 Å². The second-order valence-corrected chi connectivity index (χ2v) is 8.95. The molecule has 160 valence electrons. The van der Waals surface area contributed by atoms with Crippen molar-refractivity contribution in [2.45, 2.75) is 40.5 Å². The molecule has 4 rings (SSSR count). The fraction of sp³-hybridized carbons (Fsp3) is 0.308. The first kappa shape index (κ1) is 20.9. The summed E-state index contributed by atoms with van der Waals surface area (Å²) in [5, 5.41) is 4.33. The Kier molecular flexibility index (Phi) is 5.44. The van der Waals surface area contributed by atoms with Crippen molar-refractivity contribution in [2.75, 3.05) is 7.11 Å². The summed E-state index contributed by atoms with van der Waals surface area (Å²) in [7, 11) is 1.53. The van der Waals surface area contributed by atoms with E-state index in [9.17, 15) is 4.79 Å². The van der Waals surface area contributed by atoms with E-state index in [0.29, 0.717) is 11.3 Å². The average molecular weight is 417 g/mol. The van der Waals surface area contributed by atoms with Crippen molar-refractivity contribution >= 4 is 11.7 Å². The van der Waals surface area contributed by atoms with E-state index in [2.05, 4.69) is 67.7 Å². The summed E-state index contributed by atoms with van der Waals surface area (Å²) < 4.78 is 7.56. The molecule has 0 atom stereocenters. The number of carbonyl (C=O) groups is 1. The van der Waals surface area contributed by atoms with Crippen molar-refractivity contribution in [2.24, 2.45) is 10.6 Å². The maximum Gasteiger partial charge on any atom is 0.369 e. The summed E-state index contributed by atoms with van der Waals surface area (Å²) in [5.41, 5.74) is 6.89. The van der Waals surface area contributed by atoms with E-state index in [1.165, 1.54) is 18.4 Å². The predicted octanol–water partition coefficient (Wildman–Crippen LogP) is 5.64. The molecule has 5 heteroatoms. The van der Waals surface area contributed by atoms with E-state index in [-0.39, 0.29) is 5.41 Å². The fourth-order valence-corrected chi connectivity index (χ4v) is 4.27. The number of methoxy groups -OCH3 is 1. The molecule has 1 aliphatic rings. The highest BCUT2D eigenvalue weighted by atomic mass is 16.7. The van der Waals surface area contributed by atoms with Crippen molar-refractivity contribution in [3.8, 4) is 11.4 Å². The molecule has 0 spiro atoms. The number of benzene rings is 2. The zero-order valence-electron chi connectivity index (χ0n) is 18.7. The number of hydrogen-bond acceptors (Lipinski definition) is 4. The Hall–Kier alpha value is -3.34. The molecule has 1 aromatic heterocycles. The molecular weight excluding hydrogens is 388 g/mol. The van der Waals surface area contributed by atoms with Gasteiger partial charge in [-0.05, 0) is 62.4 Å². The van der Waals surface area contributed by atoms with Gasteiger partial charge in [-0.2, -0.15) is 0 Å². The van der Waals surface area contributed by atoms with E-state index in [1.54, 1.807) is 18.2 Å². The van der Waals surface area contributed by atoms with Gasteiger partial charge in [-0.3, -0.25) is 0 Å². The summed E-state index contributed by atoms with van der Waals surface area (Å²) in [4.78, 5) is 18.0. The van der Waals surface area contributed by atoms with Crippen LogP contribution < -0.4 is 4.74 Å². The van der Waals surface area contributed by atoms with E-state index in [1.807, 2.05) is 6.07 Å². The maximum atomic E-state index is 12.7. The van der Waals surface area contributed by atoms with Crippen molar-refractivity contribution < 1.29 is 14.4 Å². The molecule has 0 fully saturated rings. The molecule has 0 saturated carbocycles. The molecule has 0 bridgehead atoms. The first-order chi connectivity index (χ1) is 14.8. The summed E-state index contributed by atoms with van der Waals surface area (Å²) in [6.45, 7) is 8.62. The smallest absolute Gasteiger partial charge is 0.369 e. The summed E-state index contributed by atoms with van der Waals surface area (Å²) >= 11 is 0. The zero-order chi connectivity index (χ0) is 22.2. The maximum absolute atomic E-state index is 12.7. The third-order valence-corrected chi connectivity index (χ3v) is 5.75. The Balaban J connectivity index is 1.72. The summed E-state index contributed by atoms with van der Waals surface area (Å²) in [5.74, 6) is -0.0525. The minimum Gasteiger partial charge on any atom is -0.496 e. The first-order valence-electron chi connectivity index (χ1n) is 10.5. The highest BCUT2D eigenvalue weighted by molar-refractivity contribution is 6.04. The number of carbonyl (C=O) groups excluding carboxylic acids is 1. The molecule has 5 nitrogen and oxygen atoms in total. The predicted molar refractivity (Wildman–Crippen MR) is 122 cm³/mol. The van der Waals surface area contributed by atoms with Crippen LogP contribution in [0.5, 0.6) is 5.75 Å². The Bertz CT molecular complexity index is 1150. The van der Waals surface area contributed by atoms with Gasteiger partial charge in [-0.1, -0.05) is 48.8 Å². The summed E-state index contributed by atoms with van der Waals surface area (Å²) in [6, 6.07) is 17.7. The standard InChI is InChI=1S/C26H28N2O3/c1-17-10-12-19(13-11-17)28-18(2)14-21-22(15-26(3,4)16-23(21)28)27-31-25(29)20-8-6-7-9-24(20)30-5/h6-14H,15-16H2,1-5H3/b27-22+. The van der Waals surface area contributed by atoms with Crippen molar-refractivity contribution in [3.63, 3.8) is 0 Å². The van der Waals surface area contributed by atoms with Gasteiger partial charge in [0.25, 0.3) is 0 Å². The molecule has 1 aliphatic carbocycles. The Morgan fingerprint density at radius 2 is 1.74 bits per heavy atom. The quantitative estimate of drug-likeness (QED) is 0.409. The minimum atomic E-state index is -0.524. The van der Waals surface area contributed by atoms with E-state index >= 15 is 0 Å². The van der Waals surface area contributed by atoms with Gasteiger partial charge in [0.15, 0.2) is 0 Å². The molecule has 3 aromatic rings. The van der Waals surface area contributed by atoms with Gasteiger partial charge >= 0.3 is 5.97 Å². The van der Waals surface area contributed by atoms with E-state index < -0.39 is 5.97 Å². The van der Waals surface area contributed by atoms with Crippen LogP contribution in [0.15, 0.2) is 59.8 Å². The number of aromatic nitrogens is 1. The lowest BCUT2D eigenvalue weighted by Crippen LogP contribution is -2.28. The molecule has 0 aliphatic heterocycles. The molecule has 0 saturated heterocycles. The molecule has 0 N–H and O–H groups in total. The average Bonchev–Trinajstić information content (AvgIpc) is 3.07. The lowest BCUT2D eigenvalue weighted by molar-refractivity contribution is 0.0510. The molecular formula is C26H28N2O3. The van der Waals surface area contributed by atoms with Crippen LogP contribution in [-0.2, 0) is 11.3 Å². The SMILES string of the molecule is COc1ccccc1C(=O)O/N=C1\CC(C)(C)Cc2c1cc(C)n2-c1ccc(C)cc1. The van der Waals surface area contributed by atoms with Crippen LogP contribution in [0.25, 0.3) is 5.69 Å². The van der Waals surface area contributed by atoms with Crippen molar-refractivity contribution in [3.05, 3.63) is 82.7 Å². The molecule has 31 heavy (non-hydrogen) atoms. The number of nitrogens with zero attached hydrogens (tertiary/aromatic N) is 2. The van der Waals surface area contributed by atoms with Crippen molar-refractivity contribution in [1.29, 1.82) is 0 Å². The van der Waals surface area contributed by atoms with Crippen molar-refractivity contribution in [1.82, 2.24) is 4.57 Å². The van der Waals surface area contributed by atoms with Gasteiger partial charge in [0, 0.05) is 22.6 Å². The lowest BCUT2D eigenvalue weighted by atomic mass is 9.76. The number of aryl methyl sites for hydroxylation is 2. The third kappa shape index (κ3) is 4.13. The fourth-order valence-electron chi connectivity index (χ4n) is 4.27. The van der Waals surface area contributed by atoms with Crippen LogP contribution in [-0.4, -0.2) is 23.4 Å². The normalized spacial score (nSPS) is 16.1. The van der Waals surface area contributed by atoms with Gasteiger partial charge in [0.05, 0.1) is 12.8 Å². The number of oxime groups is 1. The second-order valence-electron chi connectivity index (χ2n) is 8.95. The largest absolute Gasteiger partial charge is 0.496 e.